The van der Waals surface area contributed by atoms with E-state index in [1.54, 1.807) is 0 Å². The molecule has 0 amide bonds. The van der Waals surface area contributed by atoms with Gasteiger partial charge in [0, 0.05) is 6.04 Å². The molecule has 2 heteroatoms. The van der Waals surface area contributed by atoms with Crippen LogP contribution in [0.2, 0.25) is 0 Å². The van der Waals surface area contributed by atoms with Gasteiger partial charge in [-0.2, -0.15) is 5.26 Å². The summed E-state index contributed by atoms with van der Waals surface area (Å²) in [6, 6.07) is 12.1. The standard InChI is InChI=1S/C11H14N2/c1-9(2)13-11(8-12)10-6-4-3-5-7-10/h3-7,9,11,13H,1-2H3/t11-/m0/s1. The zero-order valence-corrected chi connectivity index (χ0v) is 7.99. The van der Waals surface area contributed by atoms with Crippen LogP contribution in [-0.4, -0.2) is 6.04 Å². The Balaban J connectivity index is 2.75. The fourth-order valence-corrected chi connectivity index (χ4v) is 1.19. The minimum absolute atomic E-state index is 0.193. The van der Waals surface area contributed by atoms with Crippen molar-refractivity contribution in [2.75, 3.05) is 0 Å². The molecule has 1 N–H and O–H groups in total. The highest BCUT2D eigenvalue weighted by molar-refractivity contribution is 5.23. The number of nitriles is 1. The minimum atomic E-state index is -0.193. The van der Waals surface area contributed by atoms with Gasteiger partial charge in [0.25, 0.3) is 0 Å². The zero-order chi connectivity index (χ0) is 9.68. The van der Waals surface area contributed by atoms with Gasteiger partial charge in [-0.15, -0.1) is 0 Å². The molecule has 2 nitrogen and oxygen atoms in total. The summed E-state index contributed by atoms with van der Waals surface area (Å²) in [5, 5.41) is 12.1. The molecule has 0 radical (unpaired) electrons. The van der Waals surface area contributed by atoms with Crippen molar-refractivity contribution < 1.29 is 0 Å². The van der Waals surface area contributed by atoms with E-state index in [0.717, 1.165) is 5.56 Å². The molecule has 0 aliphatic carbocycles. The monoisotopic (exact) mass is 174 g/mol. The molecule has 0 aromatic heterocycles. The van der Waals surface area contributed by atoms with E-state index in [1.807, 2.05) is 44.2 Å². The summed E-state index contributed by atoms with van der Waals surface area (Å²) in [6.45, 7) is 4.07. The van der Waals surface area contributed by atoms with Crippen molar-refractivity contribution >= 4 is 0 Å². The Morgan fingerprint density at radius 1 is 1.23 bits per heavy atom. The van der Waals surface area contributed by atoms with Crippen molar-refractivity contribution in [3.63, 3.8) is 0 Å². The first kappa shape index (κ1) is 9.76. The van der Waals surface area contributed by atoms with Gasteiger partial charge in [-0.1, -0.05) is 30.3 Å². The van der Waals surface area contributed by atoms with Crippen LogP contribution in [0, 0.1) is 11.3 Å². The van der Waals surface area contributed by atoms with Crippen LogP contribution in [0.5, 0.6) is 0 Å². The lowest BCUT2D eigenvalue weighted by molar-refractivity contribution is 0.546. The SMILES string of the molecule is CC(C)N[C@@H](C#N)c1ccccc1. The van der Waals surface area contributed by atoms with Crippen molar-refractivity contribution in [3.05, 3.63) is 35.9 Å². The Morgan fingerprint density at radius 2 is 1.85 bits per heavy atom. The summed E-state index contributed by atoms with van der Waals surface area (Å²) in [7, 11) is 0. The van der Waals surface area contributed by atoms with E-state index in [0.29, 0.717) is 6.04 Å². The molecule has 0 saturated heterocycles. The Morgan fingerprint density at radius 3 is 2.31 bits per heavy atom. The molecule has 0 fully saturated rings. The van der Waals surface area contributed by atoms with Crippen molar-refractivity contribution in [2.45, 2.75) is 25.9 Å². The first-order valence-electron chi connectivity index (χ1n) is 4.44. The maximum absolute atomic E-state index is 8.92. The lowest BCUT2D eigenvalue weighted by Gasteiger charge is -2.14. The van der Waals surface area contributed by atoms with Crippen molar-refractivity contribution in [2.24, 2.45) is 0 Å². The van der Waals surface area contributed by atoms with Gasteiger partial charge < -0.3 is 0 Å². The Bertz CT molecular complexity index is 285. The normalized spacial score (nSPS) is 12.5. The average molecular weight is 174 g/mol. The maximum atomic E-state index is 8.92. The van der Waals surface area contributed by atoms with Crippen LogP contribution in [-0.2, 0) is 0 Å². The maximum Gasteiger partial charge on any atom is 0.121 e. The molecule has 0 saturated carbocycles. The van der Waals surface area contributed by atoms with E-state index in [4.69, 9.17) is 5.26 Å². The van der Waals surface area contributed by atoms with E-state index < -0.39 is 0 Å². The summed E-state index contributed by atoms with van der Waals surface area (Å²) in [5.74, 6) is 0. The zero-order valence-electron chi connectivity index (χ0n) is 7.99. The highest BCUT2D eigenvalue weighted by Gasteiger charge is 2.09. The average Bonchev–Trinajstić information content (AvgIpc) is 2.15. The number of hydrogen-bond acceptors (Lipinski definition) is 2. The second-order valence-corrected chi connectivity index (χ2v) is 3.29. The fourth-order valence-electron chi connectivity index (χ4n) is 1.19. The molecule has 68 valence electrons. The van der Waals surface area contributed by atoms with Crippen molar-refractivity contribution in [1.82, 2.24) is 5.32 Å². The van der Waals surface area contributed by atoms with Crippen LogP contribution in [0.3, 0.4) is 0 Å². The molecule has 0 bridgehead atoms. The quantitative estimate of drug-likeness (QED) is 0.762. The van der Waals surface area contributed by atoms with Gasteiger partial charge in [0.15, 0.2) is 0 Å². The molecular formula is C11H14N2. The lowest BCUT2D eigenvalue weighted by Crippen LogP contribution is -2.26. The highest BCUT2D eigenvalue weighted by Crippen LogP contribution is 2.11. The summed E-state index contributed by atoms with van der Waals surface area (Å²) in [4.78, 5) is 0. The first-order chi connectivity index (χ1) is 6.24. The second-order valence-electron chi connectivity index (χ2n) is 3.29. The summed E-state index contributed by atoms with van der Waals surface area (Å²) in [5.41, 5.74) is 1.03. The Hall–Kier alpha value is -1.33. The number of rotatable bonds is 3. The molecule has 13 heavy (non-hydrogen) atoms. The molecule has 0 spiro atoms. The number of nitrogens with one attached hydrogen (secondary N) is 1. The lowest BCUT2D eigenvalue weighted by atomic mass is 10.1. The molecular weight excluding hydrogens is 160 g/mol. The summed E-state index contributed by atoms with van der Waals surface area (Å²) < 4.78 is 0. The highest BCUT2D eigenvalue weighted by atomic mass is 14.9. The van der Waals surface area contributed by atoms with E-state index in [-0.39, 0.29) is 6.04 Å². The Kier molecular flexibility index (Phi) is 3.48. The van der Waals surface area contributed by atoms with Gasteiger partial charge in [0.05, 0.1) is 6.07 Å². The molecule has 0 aliphatic heterocycles. The smallest absolute Gasteiger partial charge is 0.121 e. The molecule has 1 aromatic rings. The van der Waals surface area contributed by atoms with Gasteiger partial charge in [0.2, 0.25) is 0 Å². The minimum Gasteiger partial charge on any atom is -0.296 e. The third-order valence-corrected chi connectivity index (χ3v) is 1.76. The van der Waals surface area contributed by atoms with Gasteiger partial charge in [0.1, 0.15) is 6.04 Å². The van der Waals surface area contributed by atoms with E-state index in [2.05, 4.69) is 11.4 Å². The topological polar surface area (TPSA) is 35.8 Å². The first-order valence-corrected chi connectivity index (χ1v) is 4.44. The Labute approximate surface area is 79.2 Å². The number of nitrogens with zero attached hydrogens (tertiary/aromatic N) is 1. The number of hydrogen-bond donors (Lipinski definition) is 1. The van der Waals surface area contributed by atoms with Crippen LogP contribution >= 0.6 is 0 Å². The van der Waals surface area contributed by atoms with E-state index >= 15 is 0 Å². The predicted octanol–water partition coefficient (Wildman–Crippen LogP) is 2.25. The van der Waals surface area contributed by atoms with Crippen molar-refractivity contribution in [1.29, 1.82) is 5.26 Å². The predicted molar refractivity (Wildman–Crippen MR) is 53.1 cm³/mol. The summed E-state index contributed by atoms with van der Waals surface area (Å²) in [6.07, 6.45) is 0. The van der Waals surface area contributed by atoms with Crippen LogP contribution in [0.25, 0.3) is 0 Å². The van der Waals surface area contributed by atoms with Crippen molar-refractivity contribution in [3.8, 4) is 6.07 Å². The molecule has 1 aromatic carbocycles. The third kappa shape index (κ3) is 2.89. The van der Waals surface area contributed by atoms with Crippen LogP contribution in [0.4, 0.5) is 0 Å². The molecule has 1 rings (SSSR count). The fraction of sp³-hybridized carbons (Fsp3) is 0.364. The van der Waals surface area contributed by atoms with Gasteiger partial charge >= 0.3 is 0 Å². The second kappa shape index (κ2) is 4.64. The van der Waals surface area contributed by atoms with Gasteiger partial charge in [-0.05, 0) is 19.4 Å². The van der Waals surface area contributed by atoms with Crippen LogP contribution in [0.1, 0.15) is 25.5 Å². The number of benzene rings is 1. The van der Waals surface area contributed by atoms with Crippen LogP contribution < -0.4 is 5.32 Å². The van der Waals surface area contributed by atoms with Gasteiger partial charge in [-0.25, -0.2) is 0 Å². The largest absolute Gasteiger partial charge is 0.296 e. The van der Waals surface area contributed by atoms with E-state index in [9.17, 15) is 0 Å². The summed E-state index contributed by atoms with van der Waals surface area (Å²) >= 11 is 0. The molecule has 0 unspecified atom stereocenters. The molecule has 1 atom stereocenters. The van der Waals surface area contributed by atoms with Gasteiger partial charge in [-0.3, -0.25) is 5.32 Å². The molecule has 0 heterocycles. The molecule has 0 aliphatic rings. The third-order valence-electron chi connectivity index (χ3n) is 1.76. The van der Waals surface area contributed by atoms with E-state index in [1.165, 1.54) is 0 Å². The van der Waals surface area contributed by atoms with Crippen LogP contribution in [0.15, 0.2) is 30.3 Å².